The standard InChI is InChI=1S/C21H23N3O3/c1-26-20(21(25)23-15-17-4-2-16(14-22)3-5-17)18-6-8-19(9-7-18)24-10-12-27-13-11-24/h2-9,20H,10-13,15H2,1H3,(H,23,25). The number of rotatable bonds is 6. The van der Waals surface area contributed by atoms with Crippen LogP contribution in [0.3, 0.4) is 0 Å². The van der Waals surface area contributed by atoms with Crippen molar-refractivity contribution in [1.82, 2.24) is 5.32 Å². The van der Waals surface area contributed by atoms with Gasteiger partial charge >= 0.3 is 0 Å². The minimum absolute atomic E-state index is 0.194. The highest BCUT2D eigenvalue weighted by Crippen LogP contribution is 2.22. The molecule has 0 saturated carbocycles. The van der Waals surface area contributed by atoms with E-state index in [2.05, 4.69) is 16.3 Å². The molecule has 6 heteroatoms. The summed E-state index contributed by atoms with van der Waals surface area (Å²) in [4.78, 5) is 14.8. The van der Waals surface area contributed by atoms with E-state index in [1.165, 1.54) is 7.11 Å². The van der Waals surface area contributed by atoms with Crippen LogP contribution >= 0.6 is 0 Å². The first kappa shape index (κ1) is 18.9. The molecule has 0 aromatic heterocycles. The van der Waals surface area contributed by atoms with Gasteiger partial charge in [-0.2, -0.15) is 5.26 Å². The van der Waals surface area contributed by atoms with Gasteiger partial charge in [0.15, 0.2) is 6.10 Å². The lowest BCUT2D eigenvalue weighted by molar-refractivity contribution is -0.131. The molecule has 1 aliphatic heterocycles. The number of carbonyl (C=O) groups is 1. The quantitative estimate of drug-likeness (QED) is 0.851. The average Bonchev–Trinajstić information content (AvgIpc) is 2.74. The van der Waals surface area contributed by atoms with Crippen LogP contribution in [0.2, 0.25) is 0 Å². The van der Waals surface area contributed by atoms with Gasteiger partial charge in [0.05, 0.1) is 24.8 Å². The molecule has 0 aliphatic carbocycles. The Morgan fingerprint density at radius 3 is 2.44 bits per heavy atom. The van der Waals surface area contributed by atoms with Crippen molar-refractivity contribution in [2.45, 2.75) is 12.6 Å². The molecule has 2 aromatic carbocycles. The largest absolute Gasteiger partial charge is 0.378 e. The van der Waals surface area contributed by atoms with E-state index in [-0.39, 0.29) is 5.91 Å². The number of methoxy groups -OCH3 is 1. The fraction of sp³-hybridized carbons (Fsp3) is 0.333. The Bertz CT molecular complexity index is 791. The van der Waals surface area contributed by atoms with Crippen molar-refractivity contribution in [3.63, 3.8) is 0 Å². The molecule has 140 valence electrons. The predicted molar refractivity (Wildman–Crippen MR) is 102 cm³/mol. The van der Waals surface area contributed by atoms with Crippen LogP contribution in [0.25, 0.3) is 0 Å². The maximum Gasteiger partial charge on any atom is 0.254 e. The Balaban J connectivity index is 1.61. The third-order valence-electron chi connectivity index (χ3n) is 4.60. The molecule has 6 nitrogen and oxygen atoms in total. The van der Waals surface area contributed by atoms with E-state index in [9.17, 15) is 4.79 Å². The summed E-state index contributed by atoms with van der Waals surface area (Å²) in [5.74, 6) is -0.194. The number of nitrogens with zero attached hydrogens (tertiary/aromatic N) is 2. The van der Waals surface area contributed by atoms with Gasteiger partial charge in [0.1, 0.15) is 0 Å². The Morgan fingerprint density at radius 1 is 1.19 bits per heavy atom. The number of nitriles is 1. The molecule has 1 atom stereocenters. The van der Waals surface area contributed by atoms with Gasteiger partial charge in [0.2, 0.25) is 0 Å². The monoisotopic (exact) mass is 365 g/mol. The molecule has 1 unspecified atom stereocenters. The normalized spacial score (nSPS) is 15.0. The van der Waals surface area contributed by atoms with E-state index in [4.69, 9.17) is 14.7 Å². The van der Waals surface area contributed by atoms with E-state index >= 15 is 0 Å². The molecule has 0 spiro atoms. The van der Waals surface area contributed by atoms with E-state index in [0.717, 1.165) is 43.1 Å². The van der Waals surface area contributed by atoms with Crippen LogP contribution < -0.4 is 10.2 Å². The highest BCUT2D eigenvalue weighted by Gasteiger charge is 2.20. The number of anilines is 1. The van der Waals surface area contributed by atoms with Crippen LogP contribution in [0.1, 0.15) is 22.8 Å². The first-order valence-electron chi connectivity index (χ1n) is 8.93. The minimum atomic E-state index is -0.665. The van der Waals surface area contributed by atoms with Gasteiger partial charge in [-0.15, -0.1) is 0 Å². The number of hydrogen-bond donors (Lipinski definition) is 1. The summed E-state index contributed by atoms with van der Waals surface area (Å²) in [5, 5.41) is 11.7. The number of amides is 1. The Labute approximate surface area is 159 Å². The van der Waals surface area contributed by atoms with E-state index in [1.807, 2.05) is 36.4 Å². The summed E-state index contributed by atoms with van der Waals surface area (Å²) >= 11 is 0. The maximum atomic E-state index is 12.5. The fourth-order valence-electron chi connectivity index (χ4n) is 3.05. The van der Waals surface area contributed by atoms with Crippen molar-refractivity contribution in [3.05, 3.63) is 65.2 Å². The maximum absolute atomic E-state index is 12.5. The van der Waals surface area contributed by atoms with Gasteiger partial charge in [0.25, 0.3) is 5.91 Å². The van der Waals surface area contributed by atoms with E-state index in [0.29, 0.717) is 12.1 Å². The summed E-state index contributed by atoms with van der Waals surface area (Å²) < 4.78 is 10.8. The molecule has 1 fully saturated rings. The summed E-state index contributed by atoms with van der Waals surface area (Å²) in [7, 11) is 1.53. The lowest BCUT2D eigenvalue weighted by atomic mass is 10.1. The number of benzene rings is 2. The number of hydrogen-bond acceptors (Lipinski definition) is 5. The number of carbonyl (C=O) groups excluding carboxylic acids is 1. The molecule has 1 saturated heterocycles. The van der Waals surface area contributed by atoms with Gasteiger partial charge in [-0.25, -0.2) is 0 Å². The van der Waals surface area contributed by atoms with Crippen molar-refractivity contribution in [3.8, 4) is 6.07 Å². The summed E-state index contributed by atoms with van der Waals surface area (Å²) in [6.45, 7) is 3.60. The Kier molecular flexibility index (Phi) is 6.42. The van der Waals surface area contributed by atoms with Crippen molar-refractivity contribution in [1.29, 1.82) is 5.26 Å². The second kappa shape index (κ2) is 9.17. The molecular weight excluding hydrogens is 342 g/mol. The van der Waals surface area contributed by atoms with Crippen molar-refractivity contribution < 1.29 is 14.3 Å². The lowest BCUT2D eigenvalue weighted by Crippen LogP contribution is -2.36. The number of nitrogens with one attached hydrogen (secondary N) is 1. The molecule has 0 radical (unpaired) electrons. The van der Waals surface area contributed by atoms with Gasteiger partial charge < -0.3 is 19.7 Å². The van der Waals surface area contributed by atoms with Crippen LogP contribution in [-0.2, 0) is 20.8 Å². The molecule has 0 bridgehead atoms. The topological polar surface area (TPSA) is 74.6 Å². The molecule has 1 amide bonds. The smallest absolute Gasteiger partial charge is 0.254 e. The van der Waals surface area contributed by atoms with Crippen LogP contribution in [0.15, 0.2) is 48.5 Å². The van der Waals surface area contributed by atoms with Crippen LogP contribution in [-0.4, -0.2) is 39.3 Å². The van der Waals surface area contributed by atoms with Crippen molar-refractivity contribution >= 4 is 11.6 Å². The van der Waals surface area contributed by atoms with E-state index in [1.54, 1.807) is 12.1 Å². The second-order valence-corrected chi connectivity index (χ2v) is 6.33. The zero-order chi connectivity index (χ0) is 19.1. The first-order valence-corrected chi connectivity index (χ1v) is 8.93. The number of ether oxygens (including phenoxy) is 2. The second-order valence-electron chi connectivity index (χ2n) is 6.33. The molecule has 1 N–H and O–H groups in total. The first-order chi connectivity index (χ1) is 13.2. The average molecular weight is 365 g/mol. The minimum Gasteiger partial charge on any atom is -0.378 e. The van der Waals surface area contributed by atoms with Crippen LogP contribution in [0.4, 0.5) is 5.69 Å². The molecule has 27 heavy (non-hydrogen) atoms. The van der Waals surface area contributed by atoms with Gasteiger partial charge in [-0.05, 0) is 35.4 Å². The van der Waals surface area contributed by atoms with Crippen LogP contribution in [0.5, 0.6) is 0 Å². The third-order valence-corrected chi connectivity index (χ3v) is 4.60. The Morgan fingerprint density at radius 2 is 1.85 bits per heavy atom. The predicted octanol–water partition coefficient (Wildman–Crippen LogP) is 2.40. The summed E-state index contributed by atoms with van der Waals surface area (Å²) in [5.41, 5.74) is 3.46. The summed E-state index contributed by atoms with van der Waals surface area (Å²) in [6.07, 6.45) is -0.665. The van der Waals surface area contributed by atoms with Gasteiger partial charge in [0, 0.05) is 32.4 Å². The third kappa shape index (κ3) is 4.85. The molecule has 1 heterocycles. The van der Waals surface area contributed by atoms with Crippen LogP contribution in [0, 0.1) is 11.3 Å². The van der Waals surface area contributed by atoms with Crippen molar-refractivity contribution in [2.24, 2.45) is 0 Å². The molecular formula is C21H23N3O3. The van der Waals surface area contributed by atoms with Crippen molar-refractivity contribution in [2.75, 3.05) is 38.3 Å². The number of morpholine rings is 1. The SMILES string of the molecule is COC(C(=O)NCc1ccc(C#N)cc1)c1ccc(N2CCOCC2)cc1. The van der Waals surface area contributed by atoms with E-state index < -0.39 is 6.10 Å². The Hall–Kier alpha value is -2.88. The van der Waals surface area contributed by atoms with Gasteiger partial charge in [-0.1, -0.05) is 24.3 Å². The molecule has 3 rings (SSSR count). The molecule has 1 aliphatic rings. The fourth-order valence-corrected chi connectivity index (χ4v) is 3.05. The highest BCUT2D eigenvalue weighted by atomic mass is 16.5. The zero-order valence-corrected chi connectivity index (χ0v) is 15.4. The van der Waals surface area contributed by atoms with Gasteiger partial charge in [-0.3, -0.25) is 4.79 Å². The summed E-state index contributed by atoms with van der Waals surface area (Å²) in [6, 6.07) is 17.1. The molecule has 2 aromatic rings. The highest BCUT2D eigenvalue weighted by molar-refractivity contribution is 5.82. The zero-order valence-electron chi connectivity index (χ0n) is 15.4. The lowest BCUT2D eigenvalue weighted by Gasteiger charge is -2.29.